The van der Waals surface area contributed by atoms with Crippen molar-refractivity contribution in [3.63, 3.8) is 0 Å². The third-order valence-corrected chi connectivity index (χ3v) is 3.31. The smallest absolute Gasteiger partial charge is 0.0624 e. The first-order valence-corrected chi connectivity index (χ1v) is 5.89. The summed E-state index contributed by atoms with van der Waals surface area (Å²) >= 11 is 0. The van der Waals surface area contributed by atoms with Crippen LogP contribution in [-0.4, -0.2) is 36.7 Å². The molecule has 0 unspecified atom stereocenters. The van der Waals surface area contributed by atoms with Crippen LogP contribution in [0.15, 0.2) is 0 Å². The van der Waals surface area contributed by atoms with E-state index in [9.17, 15) is 0 Å². The Morgan fingerprint density at radius 2 is 1.93 bits per heavy atom. The molecule has 0 aromatic rings. The van der Waals surface area contributed by atoms with Gasteiger partial charge in [-0.05, 0) is 19.3 Å². The van der Waals surface area contributed by atoms with Crippen molar-refractivity contribution in [2.75, 3.05) is 26.3 Å². The molecule has 0 radical (unpaired) electrons. The summed E-state index contributed by atoms with van der Waals surface area (Å²) in [5.74, 6) is 2.93. The third-order valence-electron chi connectivity index (χ3n) is 3.31. The second kappa shape index (κ2) is 5.99. The lowest BCUT2D eigenvalue weighted by Gasteiger charge is -2.54. The van der Waals surface area contributed by atoms with Gasteiger partial charge in [0.15, 0.2) is 0 Å². The van der Waals surface area contributed by atoms with Gasteiger partial charge in [0.05, 0.1) is 6.54 Å². The molecule has 0 aromatic heterocycles. The van der Waals surface area contributed by atoms with E-state index >= 15 is 0 Å². The van der Waals surface area contributed by atoms with Crippen molar-refractivity contribution in [3.8, 4) is 12.0 Å². The van der Waals surface area contributed by atoms with Gasteiger partial charge in [0, 0.05) is 31.3 Å². The van der Waals surface area contributed by atoms with Crippen LogP contribution in [0.3, 0.4) is 0 Å². The van der Waals surface area contributed by atoms with Gasteiger partial charge < -0.3 is 10.5 Å². The van der Waals surface area contributed by atoms with Crippen molar-refractivity contribution >= 4 is 0 Å². The summed E-state index contributed by atoms with van der Waals surface area (Å²) in [6.07, 6.45) is 3.64. The van der Waals surface area contributed by atoms with Crippen molar-refractivity contribution in [1.29, 1.82) is 0 Å². The molecule has 2 aliphatic heterocycles. The zero-order chi connectivity index (χ0) is 11.1. The van der Waals surface area contributed by atoms with Gasteiger partial charge in [0.25, 0.3) is 0 Å². The van der Waals surface area contributed by atoms with Crippen LogP contribution >= 0.6 is 0 Å². The highest BCUT2D eigenvalue weighted by Crippen LogP contribution is 2.38. The summed E-state index contributed by atoms with van der Waals surface area (Å²) in [6.45, 7) is 7.82. The van der Waals surface area contributed by atoms with Gasteiger partial charge in [-0.2, -0.15) is 0 Å². The highest BCUT2D eigenvalue weighted by Gasteiger charge is 2.44. The van der Waals surface area contributed by atoms with Crippen LogP contribution in [0.1, 0.15) is 33.1 Å². The Morgan fingerprint density at radius 1 is 1.27 bits per heavy atom. The normalized spacial score (nSPS) is 23.1. The van der Waals surface area contributed by atoms with E-state index in [1.54, 1.807) is 0 Å². The fraction of sp³-hybridized carbons (Fsp3) is 0.833. The minimum atomic E-state index is 0.419. The highest BCUT2D eigenvalue weighted by molar-refractivity contribution is 5.07. The number of hydrogen-bond donors (Lipinski definition) is 1. The Kier molecular flexibility index (Phi) is 4.93. The first kappa shape index (κ1) is 12.4. The lowest BCUT2D eigenvalue weighted by Crippen LogP contribution is -2.62. The van der Waals surface area contributed by atoms with E-state index in [-0.39, 0.29) is 0 Å². The van der Waals surface area contributed by atoms with Gasteiger partial charge in [-0.1, -0.05) is 19.8 Å². The average molecular weight is 210 g/mol. The summed E-state index contributed by atoms with van der Waals surface area (Å²) in [5.41, 5.74) is 5.58. The fourth-order valence-electron chi connectivity index (χ4n) is 2.29. The largest absolute Gasteiger partial charge is 0.381 e. The van der Waals surface area contributed by atoms with Crippen molar-refractivity contribution in [2.45, 2.75) is 38.6 Å². The number of hydrogen-bond acceptors (Lipinski definition) is 3. The molecule has 15 heavy (non-hydrogen) atoms. The standard InChI is InChI=1S/C10H16N2O.C2H6/c11-5-1-6-12-7-2-10(12)3-8-13-9-4-10;1-2/h2-4,6-9,11H2;1-2H3. The number of ether oxygens (including phenoxy) is 1. The summed E-state index contributed by atoms with van der Waals surface area (Å²) in [4.78, 5) is 2.44. The van der Waals surface area contributed by atoms with E-state index in [1.807, 2.05) is 13.8 Å². The van der Waals surface area contributed by atoms with Gasteiger partial charge in [-0.15, -0.1) is 0 Å². The van der Waals surface area contributed by atoms with E-state index < -0.39 is 0 Å². The Labute approximate surface area is 93.0 Å². The van der Waals surface area contributed by atoms with Crippen LogP contribution in [0.5, 0.6) is 0 Å². The number of nitrogens with zero attached hydrogens (tertiary/aromatic N) is 1. The number of likely N-dealkylation sites (tertiary alicyclic amines) is 1. The number of rotatable bonds is 1. The molecule has 2 fully saturated rings. The highest BCUT2D eigenvalue weighted by atomic mass is 16.5. The van der Waals surface area contributed by atoms with Crippen molar-refractivity contribution in [1.82, 2.24) is 4.90 Å². The predicted molar refractivity (Wildman–Crippen MR) is 62.3 cm³/mol. The van der Waals surface area contributed by atoms with Crippen LogP contribution in [0.4, 0.5) is 0 Å². The molecule has 2 heterocycles. The Hall–Kier alpha value is -0.720. The molecule has 3 heteroatoms. The minimum Gasteiger partial charge on any atom is -0.381 e. The predicted octanol–water partition coefficient (Wildman–Crippen LogP) is 1.19. The van der Waals surface area contributed by atoms with E-state index in [1.165, 1.54) is 25.8 Å². The lowest BCUT2D eigenvalue weighted by atomic mass is 9.78. The molecule has 3 nitrogen and oxygen atoms in total. The maximum absolute atomic E-state index is 5.37. The van der Waals surface area contributed by atoms with Gasteiger partial charge in [0.1, 0.15) is 0 Å². The zero-order valence-corrected chi connectivity index (χ0v) is 9.88. The fourth-order valence-corrected chi connectivity index (χ4v) is 2.29. The average Bonchev–Trinajstić information content (AvgIpc) is 2.32. The van der Waals surface area contributed by atoms with Gasteiger partial charge in [0.2, 0.25) is 0 Å². The van der Waals surface area contributed by atoms with Gasteiger partial charge >= 0.3 is 0 Å². The van der Waals surface area contributed by atoms with Gasteiger partial charge in [-0.3, -0.25) is 4.90 Å². The molecule has 0 saturated carbocycles. The van der Waals surface area contributed by atoms with Crippen molar-refractivity contribution in [2.24, 2.45) is 5.73 Å². The summed E-state index contributed by atoms with van der Waals surface area (Å²) in [5, 5.41) is 0. The Balaban J connectivity index is 0.000000531. The quantitative estimate of drug-likeness (QED) is 0.522. The summed E-state index contributed by atoms with van der Waals surface area (Å²) in [7, 11) is 0. The Morgan fingerprint density at radius 3 is 2.40 bits per heavy atom. The molecule has 1 spiro atoms. The summed E-state index contributed by atoms with van der Waals surface area (Å²) < 4.78 is 5.37. The molecule has 0 aliphatic carbocycles. The maximum Gasteiger partial charge on any atom is 0.0624 e. The molecule has 86 valence electrons. The van der Waals surface area contributed by atoms with Crippen LogP contribution in [-0.2, 0) is 4.74 Å². The SMILES string of the molecule is CC.NC#CCN1CCC12CCOCC2. The molecule has 2 aliphatic rings. The monoisotopic (exact) mass is 210 g/mol. The second-order valence-corrected chi connectivity index (χ2v) is 3.83. The third kappa shape index (κ3) is 2.64. The molecular weight excluding hydrogens is 188 g/mol. The molecule has 2 N–H and O–H groups in total. The Bertz CT molecular complexity index is 236. The van der Waals surface area contributed by atoms with E-state index in [4.69, 9.17) is 10.5 Å². The van der Waals surface area contributed by atoms with Crippen LogP contribution in [0.25, 0.3) is 0 Å². The molecule has 2 rings (SSSR count). The van der Waals surface area contributed by atoms with Crippen molar-refractivity contribution < 1.29 is 4.74 Å². The molecule has 2 saturated heterocycles. The first-order chi connectivity index (χ1) is 7.37. The van der Waals surface area contributed by atoms with Crippen LogP contribution < -0.4 is 5.73 Å². The van der Waals surface area contributed by atoms with Crippen LogP contribution in [0.2, 0.25) is 0 Å². The molecule has 0 bridgehead atoms. The topological polar surface area (TPSA) is 38.5 Å². The second-order valence-electron chi connectivity index (χ2n) is 3.83. The number of nitrogens with two attached hydrogens (primary N) is 1. The molecule has 0 amide bonds. The first-order valence-electron chi connectivity index (χ1n) is 5.89. The maximum atomic E-state index is 5.37. The van der Waals surface area contributed by atoms with E-state index in [0.717, 1.165) is 19.8 Å². The van der Waals surface area contributed by atoms with Crippen molar-refractivity contribution in [3.05, 3.63) is 0 Å². The molecule has 0 atom stereocenters. The lowest BCUT2D eigenvalue weighted by molar-refractivity contribution is -0.0823. The van der Waals surface area contributed by atoms with E-state index in [2.05, 4.69) is 16.9 Å². The van der Waals surface area contributed by atoms with Gasteiger partial charge in [-0.25, -0.2) is 0 Å². The molecule has 0 aromatic carbocycles. The van der Waals surface area contributed by atoms with E-state index in [0.29, 0.717) is 5.54 Å². The van der Waals surface area contributed by atoms with Crippen LogP contribution in [0, 0.1) is 12.0 Å². The minimum absolute atomic E-state index is 0.419. The zero-order valence-electron chi connectivity index (χ0n) is 9.88. The summed E-state index contributed by atoms with van der Waals surface area (Å²) in [6, 6.07) is 2.47. The molecular formula is C12H22N2O.